The Morgan fingerprint density at radius 3 is 2.68 bits per heavy atom. The maximum absolute atomic E-state index is 12.6. The second kappa shape index (κ2) is 8.57. The lowest BCUT2D eigenvalue weighted by Gasteiger charge is -2.22. The van der Waals surface area contributed by atoms with Crippen molar-refractivity contribution in [1.29, 1.82) is 0 Å². The number of nitrogens with zero attached hydrogens (tertiary/aromatic N) is 2. The van der Waals surface area contributed by atoms with Crippen LogP contribution in [-0.4, -0.2) is 29.0 Å². The molecule has 4 rings (SSSR count). The molecule has 1 fully saturated rings. The Balaban J connectivity index is 1.64. The third-order valence-electron chi connectivity index (χ3n) is 4.67. The lowest BCUT2D eigenvalue weighted by molar-refractivity contribution is 0.102. The highest BCUT2D eigenvalue weighted by Crippen LogP contribution is 2.39. The maximum Gasteiger partial charge on any atom is 0.257 e. The van der Waals surface area contributed by atoms with E-state index >= 15 is 0 Å². The van der Waals surface area contributed by atoms with E-state index in [-0.39, 0.29) is 5.91 Å². The standard InChI is InChI=1S/C20H18Cl2N4OS/c21-14-5-4-13(11-15(14)22)19(27)26-20-25-17(16-3-1-2-8-24-16)18(28-20)12-6-9-23-10-7-12/h1-5,8,11-12,23H,6-7,9-10H2,(H,25,26,27). The molecule has 5 nitrogen and oxygen atoms in total. The first kappa shape index (κ1) is 19.3. The van der Waals surface area contributed by atoms with Crippen molar-refractivity contribution in [2.75, 3.05) is 18.4 Å². The summed E-state index contributed by atoms with van der Waals surface area (Å²) in [5.74, 6) is 0.142. The van der Waals surface area contributed by atoms with Crippen LogP contribution in [0, 0.1) is 0 Å². The summed E-state index contributed by atoms with van der Waals surface area (Å²) in [7, 11) is 0. The number of carbonyl (C=O) groups is 1. The molecule has 0 radical (unpaired) electrons. The van der Waals surface area contributed by atoms with Gasteiger partial charge in [0.15, 0.2) is 5.13 Å². The summed E-state index contributed by atoms with van der Waals surface area (Å²) >= 11 is 13.5. The number of hydrogen-bond acceptors (Lipinski definition) is 5. The predicted octanol–water partition coefficient (Wildman–Crippen LogP) is 5.23. The van der Waals surface area contributed by atoms with Crippen LogP contribution in [0.25, 0.3) is 11.4 Å². The van der Waals surface area contributed by atoms with Crippen molar-refractivity contribution >= 4 is 45.6 Å². The van der Waals surface area contributed by atoms with Crippen molar-refractivity contribution < 1.29 is 4.79 Å². The first-order chi connectivity index (χ1) is 13.6. The molecule has 0 bridgehead atoms. The SMILES string of the molecule is O=C(Nc1nc(-c2ccccn2)c(C2CCNCC2)s1)c1ccc(Cl)c(Cl)c1. The van der Waals surface area contributed by atoms with E-state index in [4.69, 9.17) is 28.2 Å². The monoisotopic (exact) mass is 432 g/mol. The van der Waals surface area contributed by atoms with Crippen molar-refractivity contribution in [1.82, 2.24) is 15.3 Å². The van der Waals surface area contributed by atoms with Crippen molar-refractivity contribution in [2.24, 2.45) is 0 Å². The summed E-state index contributed by atoms with van der Waals surface area (Å²) in [6, 6.07) is 10.6. The predicted molar refractivity (Wildman–Crippen MR) is 115 cm³/mol. The van der Waals surface area contributed by atoms with E-state index in [1.54, 1.807) is 24.4 Å². The van der Waals surface area contributed by atoms with Crippen molar-refractivity contribution in [2.45, 2.75) is 18.8 Å². The summed E-state index contributed by atoms with van der Waals surface area (Å²) in [4.78, 5) is 23.0. The molecule has 8 heteroatoms. The van der Waals surface area contributed by atoms with Gasteiger partial charge in [0.25, 0.3) is 5.91 Å². The van der Waals surface area contributed by atoms with Crippen LogP contribution >= 0.6 is 34.5 Å². The number of pyridine rings is 1. The minimum Gasteiger partial charge on any atom is -0.317 e. The molecule has 1 aromatic carbocycles. The van der Waals surface area contributed by atoms with Gasteiger partial charge in [-0.3, -0.25) is 15.1 Å². The van der Waals surface area contributed by atoms with Crippen LogP contribution in [-0.2, 0) is 0 Å². The number of carbonyl (C=O) groups excluding carboxylic acids is 1. The van der Waals surface area contributed by atoms with Crippen molar-refractivity contribution in [3.63, 3.8) is 0 Å². The van der Waals surface area contributed by atoms with Gasteiger partial charge >= 0.3 is 0 Å². The van der Waals surface area contributed by atoms with E-state index in [1.807, 2.05) is 18.2 Å². The van der Waals surface area contributed by atoms with Gasteiger partial charge in [0, 0.05) is 16.6 Å². The summed E-state index contributed by atoms with van der Waals surface area (Å²) in [6.07, 6.45) is 3.85. The fourth-order valence-electron chi connectivity index (χ4n) is 3.24. The lowest BCUT2D eigenvalue weighted by Crippen LogP contribution is -2.26. The van der Waals surface area contributed by atoms with Crippen molar-refractivity contribution in [3.8, 4) is 11.4 Å². The van der Waals surface area contributed by atoms with Gasteiger partial charge in [-0.05, 0) is 62.2 Å². The quantitative estimate of drug-likeness (QED) is 0.591. The van der Waals surface area contributed by atoms with Gasteiger partial charge < -0.3 is 5.32 Å². The van der Waals surface area contributed by atoms with Gasteiger partial charge in [0.1, 0.15) is 5.69 Å². The fourth-order valence-corrected chi connectivity index (χ4v) is 4.68. The van der Waals surface area contributed by atoms with Crippen LogP contribution in [0.4, 0.5) is 5.13 Å². The number of aromatic nitrogens is 2. The molecule has 0 spiro atoms. The zero-order chi connectivity index (χ0) is 19.5. The van der Waals surface area contributed by atoms with Gasteiger partial charge in [0.05, 0.1) is 15.7 Å². The first-order valence-electron chi connectivity index (χ1n) is 9.01. The molecular weight excluding hydrogens is 415 g/mol. The van der Waals surface area contributed by atoms with Crippen LogP contribution in [0.15, 0.2) is 42.6 Å². The number of amides is 1. The average molecular weight is 433 g/mol. The molecular formula is C20H18Cl2N4OS. The van der Waals surface area contributed by atoms with E-state index in [9.17, 15) is 4.79 Å². The average Bonchev–Trinajstić information content (AvgIpc) is 3.15. The normalized spacial score (nSPS) is 14.8. The Labute approximate surface area is 177 Å². The molecule has 3 aromatic rings. The minimum atomic E-state index is -0.267. The number of nitrogens with one attached hydrogen (secondary N) is 2. The van der Waals surface area contributed by atoms with E-state index in [0.29, 0.717) is 26.7 Å². The maximum atomic E-state index is 12.6. The zero-order valence-electron chi connectivity index (χ0n) is 14.9. The molecule has 3 heterocycles. The Kier molecular flexibility index (Phi) is 5.92. The number of benzene rings is 1. The zero-order valence-corrected chi connectivity index (χ0v) is 17.2. The van der Waals surface area contributed by atoms with E-state index < -0.39 is 0 Å². The highest BCUT2D eigenvalue weighted by molar-refractivity contribution is 7.16. The number of thiazole rings is 1. The Morgan fingerprint density at radius 2 is 1.96 bits per heavy atom. The van der Waals surface area contributed by atoms with Crippen LogP contribution < -0.4 is 10.6 Å². The van der Waals surface area contributed by atoms with E-state index in [2.05, 4.69) is 15.6 Å². The molecule has 1 aliphatic heterocycles. The summed E-state index contributed by atoms with van der Waals surface area (Å²) in [6.45, 7) is 1.96. The highest BCUT2D eigenvalue weighted by Gasteiger charge is 2.24. The van der Waals surface area contributed by atoms with Gasteiger partial charge in [-0.15, -0.1) is 11.3 Å². The number of rotatable bonds is 4. The van der Waals surface area contributed by atoms with Crippen LogP contribution in [0.2, 0.25) is 10.0 Å². The second-order valence-corrected chi connectivity index (χ2v) is 8.40. The smallest absolute Gasteiger partial charge is 0.257 e. The number of anilines is 1. The second-order valence-electron chi connectivity index (χ2n) is 6.55. The van der Waals surface area contributed by atoms with Crippen LogP contribution in [0.1, 0.15) is 34.0 Å². The molecule has 0 aliphatic carbocycles. The molecule has 2 aromatic heterocycles. The number of hydrogen-bond donors (Lipinski definition) is 2. The molecule has 1 amide bonds. The highest BCUT2D eigenvalue weighted by atomic mass is 35.5. The third kappa shape index (κ3) is 4.20. The van der Waals surface area contributed by atoms with Gasteiger partial charge in [-0.2, -0.15) is 0 Å². The van der Waals surface area contributed by atoms with Crippen molar-refractivity contribution in [3.05, 3.63) is 63.1 Å². The largest absolute Gasteiger partial charge is 0.317 e. The van der Waals surface area contributed by atoms with Crippen LogP contribution in [0.5, 0.6) is 0 Å². The molecule has 144 valence electrons. The minimum absolute atomic E-state index is 0.267. The van der Waals surface area contributed by atoms with E-state index in [0.717, 1.165) is 37.3 Å². The Hall–Kier alpha value is -1.99. The topological polar surface area (TPSA) is 66.9 Å². The lowest BCUT2D eigenvalue weighted by atomic mass is 9.94. The van der Waals surface area contributed by atoms with Crippen LogP contribution in [0.3, 0.4) is 0 Å². The van der Waals surface area contributed by atoms with Gasteiger partial charge in [0.2, 0.25) is 0 Å². The Morgan fingerprint density at radius 1 is 1.14 bits per heavy atom. The fraction of sp³-hybridized carbons (Fsp3) is 0.250. The van der Waals surface area contributed by atoms with Gasteiger partial charge in [-0.1, -0.05) is 29.3 Å². The molecule has 0 atom stereocenters. The summed E-state index contributed by atoms with van der Waals surface area (Å²) < 4.78 is 0. The van der Waals surface area contributed by atoms with E-state index in [1.165, 1.54) is 16.2 Å². The molecule has 1 aliphatic rings. The molecule has 28 heavy (non-hydrogen) atoms. The first-order valence-corrected chi connectivity index (χ1v) is 10.6. The molecule has 2 N–H and O–H groups in total. The summed E-state index contributed by atoms with van der Waals surface area (Å²) in [5.41, 5.74) is 2.11. The molecule has 1 saturated heterocycles. The number of halogens is 2. The number of piperidine rings is 1. The Bertz CT molecular complexity index is 987. The third-order valence-corrected chi connectivity index (χ3v) is 6.55. The summed E-state index contributed by atoms with van der Waals surface area (Å²) in [5, 5.41) is 7.61. The molecule has 0 unspecified atom stereocenters. The van der Waals surface area contributed by atoms with Gasteiger partial charge in [-0.25, -0.2) is 4.98 Å². The molecule has 0 saturated carbocycles.